The number of hydrogen-bond acceptors (Lipinski definition) is 4. The molecule has 4 rings (SSSR count). The Kier molecular flexibility index (Phi) is 5.17. The normalized spacial score (nSPS) is 22.7. The van der Waals surface area contributed by atoms with Crippen LogP contribution in [0.3, 0.4) is 0 Å². The molecule has 28 heavy (non-hydrogen) atoms. The van der Waals surface area contributed by atoms with Crippen LogP contribution in [0.5, 0.6) is 0 Å². The van der Waals surface area contributed by atoms with Crippen molar-refractivity contribution in [2.24, 2.45) is 0 Å². The minimum absolute atomic E-state index is 0.138. The first-order valence-electron chi connectivity index (χ1n) is 9.87. The van der Waals surface area contributed by atoms with Crippen molar-refractivity contribution in [2.45, 2.75) is 32.0 Å². The van der Waals surface area contributed by atoms with Crippen molar-refractivity contribution in [3.63, 3.8) is 0 Å². The lowest BCUT2D eigenvalue weighted by Crippen LogP contribution is -2.70. The summed E-state index contributed by atoms with van der Waals surface area (Å²) < 4.78 is 14.2. The van der Waals surface area contributed by atoms with Gasteiger partial charge in [-0.15, -0.1) is 0 Å². The Morgan fingerprint density at radius 1 is 1.14 bits per heavy atom. The Morgan fingerprint density at radius 2 is 1.93 bits per heavy atom. The molecule has 2 saturated heterocycles. The number of hydrogen-bond donors (Lipinski definition) is 0. The zero-order valence-electron chi connectivity index (χ0n) is 16.5. The largest absolute Gasteiger partial charge is 0.335 e. The van der Waals surface area contributed by atoms with Gasteiger partial charge in [-0.2, -0.15) is 0 Å². The molecule has 0 N–H and O–H groups in total. The van der Waals surface area contributed by atoms with E-state index in [4.69, 9.17) is 0 Å². The van der Waals surface area contributed by atoms with Crippen molar-refractivity contribution in [1.29, 1.82) is 0 Å². The van der Waals surface area contributed by atoms with Crippen molar-refractivity contribution in [2.75, 3.05) is 32.7 Å². The quantitative estimate of drug-likeness (QED) is 0.818. The molecule has 1 atom stereocenters. The molecule has 5 nitrogen and oxygen atoms in total. The average Bonchev–Trinajstić information content (AvgIpc) is 2.68. The Morgan fingerprint density at radius 3 is 2.68 bits per heavy atom. The summed E-state index contributed by atoms with van der Waals surface area (Å²) >= 11 is 0. The fourth-order valence-corrected chi connectivity index (χ4v) is 4.57. The van der Waals surface area contributed by atoms with E-state index in [2.05, 4.69) is 28.6 Å². The van der Waals surface area contributed by atoms with Crippen molar-refractivity contribution in [3.05, 3.63) is 65.7 Å². The highest BCUT2D eigenvalue weighted by Crippen LogP contribution is 2.29. The molecule has 1 aromatic heterocycles. The molecule has 2 aliphatic rings. The van der Waals surface area contributed by atoms with E-state index in [1.165, 1.54) is 6.07 Å². The number of carbonyl (C=O) groups is 1. The van der Waals surface area contributed by atoms with Crippen molar-refractivity contribution in [3.8, 4) is 0 Å². The maximum absolute atomic E-state index is 14.2. The predicted molar refractivity (Wildman–Crippen MR) is 106 cm³/mol. The van der Waals surface area contributed by atoms with E-state index in [0.717, 1.165) is 31.9 Å². The van der Waals surface area contributed by atoms with Crippen LogP contribution >= 0.6 is 0 Å². The predicted octanol–water partition coefficient (Wildman–Crippen LogP) is 2.64. The van der Waals surface area contributed by atoms with Gasteiger partial charge in [0.2, 0.25) is 0 Å². The van der Waals surface area contributed by atoms with Crippen LogP contribution in [0.4, 0.5) is 4.39 Å². The molecule has 2 aromatic rings. The van der Waals surface area contributed by atoms with Crippen LogP contribution in [0.15, 0.2) is 48.7 Å². The van der Waals surface area contributed by atoms with E-state index in [-0.39, 0.29) is 23.1 Å². The minimum Gasteiger partial charge on any atom is -0.335 e. The fourth-order valence-electron chi connectivity index (χ4n) is 4.57. The zero-order valence-corrected chi connectivity index (χ0v) is 16.5. The van der Waals surface area contributed by atoms with Gasteiger partial charge in [-0.1, -0.05) is 18.2 Å². The number of carbonyl (C=O) groups excluding carboxylic acids is 1. The first-order chi connectivity index (χ1) is 13.4. The Balaban J connectivity index is 1.50. The lowest BCUT2D eigenvalue weighted by molar-refractivity contribution is -0.0580. The molecule has 0 aliphatic carbocycles. The van der Waals surface area contributed by atoms with Crippen molar-refractivity contribution in [1.82, 2.24) is 19.7 Å². The molecule has 6 heteroatoms. The van der Waals surface area contributed by atoms with Crippen molar-refractivity contribution < 1.29 is 9.18 Å². The van der Waals surface area contributed by atoms with Gasteiger partial charge < -0.3 is 4.90 Å². The van der Waals surface area contributed by atoms with Crippen LogP contribution in [0.25, 0.3) is 0 Å². The summed E-state index contributed by atoms with van der Waals surface area (Å²) in [6.45, 7) is 9.22. The molecule has 0 unspecified atom stereocenters. The smallest absolute Gasteiger partial charge is 0.256 e. The van der Waals surface area contributed by atoms with Crippen LogP contribution in [-0.4, -0.2) is 69.9 Å². The van der Waals surface area contributed by atoms with Crippen LogP contribution in [0.2, 0.25) is 0 Å². The highest BCUT2D eigenvalue weighted by molar-refractivity contribution is 5.94. The van der Waals surface area contributed by atoms with Crippen LogP contribution < -0.4 is 0 Å². The molecule has 0 saturated carbocycles. The maximum Gasteiger partial charge on any atom is 0.256 e. The number of rotatable bonds is 3. The second-order valence-corrected chi connectivity index (χ2v) is 8.38. The average molecular weight is 382 g/mol. The SMILES string of the molecule is CC1(C)CN(C(=O)c2ccccc2F)C[C@@H]2CN(Cc3ccccn3)CCN21. The standard InChI is InChI=1S/C22H27FN4O/c1-22(2)16-26(21(28)19-8-3-4-9-20(19)23)15-18-14-25(11-12-27(18)22)13-17-7-5-6-10-24-17/h3-10,18H,11-16H2,1-2H3/t18-/m0/s1. The summed E-state index contributed by atoms with van der Waals surface area (Å²) in [5.74, 6) is -0.666. The van der Waals surface area contributed by atoms with Gasteiger partial charge in [0.1, 0.15) is 5.82 Å². The second-order valence-electron chi connectivity index (χ2n) is 8.38. The third kappa shape index (κ3) is 3.80. The van der Waals surface area contributed by atoms with E-state index in [1.807, 2.05) is 29.3 Å². The second kappa shape index (κ2) is 7.60. The van der Waals surface area contributed by atoms with Gasteiger partial charge >= 0.3 is 0 Å². The van der Waals surface area contributed by atoms with Gasteiger partial charge in [-0.3, -0.25) is 19.6 Å². The highest BCUT2D eigenvalue weighted by Gasteiger charge is 2.44. The molecule has 2 aliphatic heterocycles. The lowest BCUT2D eigenvalue weighted by Gasteiger charge is -2.55. The first-order valence-corrected chi connectivity index (χ1v) is 9.87. The number of pyridine rings is 1. The van der Waals surface area contributed by atoms with Gasteiger partial charge in [0, 0.05) is 57.0 Å². The molecule has 148 valence electrons. The molecular formula is C22H27FN4O. The van der Waals surface area contributed by atoms with Gasteiger partial charge in [0.25, 0.3) is 5.91 Å². The summed E-state index contributed by atoms with van der Waals surface area (Å²) in [7, 11) is 0. The van der Waals surface area contributed by atoms with Gasteiger partial charge in [0.05, 0.1) is 11.3 Å². The summed E-state index contributed by atoms with van der Waals surface area (Å²) in [4.78, 5) is 24.2. The molecule has 3 heterocycles. The number of benzene rings is 1. The van der Waals surface area contributed by atoms with Gasteiger partial charge in [0.15, 0.2) is 0 Å². The summed E-state index contributed by atoms with van der Waals surface area (Å²) in [6.07, 6.45) is 1.82. The van der Waals surface area contributed by atoms with E-state index in [9.17, 15) is 9.18 Å². The molecule has 2 fully saturated rings. The minimum atomic E-state index is -0.451. The molecule has 1 amide bonds. The molecule has 1 aromatic carbocycles. The van der Waals surface area contributed by atoms with Crippen LogP contribution in [-0.2, 0) is 6.54 Å². The monoisotopic (exact) mass is 382 g/mol. The zero-order chi connectivity index (χ0) is 19.7. The molecule has 0 bridgehead atoms. The third-order valence-electron chi connectivity index (χ3n) is 5.86. The fraction of sp³-hybridized carbons (Fsp3) is 0.455. The molecule has 0 radical (unpaired) electrons. The van der Waals surface area contributed by atoms with Gasteiger partial charge in [-0.25, -0.2) is 4.39 Å². The Hall–Kier alpha value is -2.31. The molecular weight excluding hydrogens is 355 g/mol. The number of aromatic nitrogens is 1. The number of halogens is 1. The highest BCUT2D eigenvalue weighted by atomic mass is 19.1. The van der Waals surface area contributed by atoms with Gasteiger partial charge in [-0.05, 0) is 38.1 Å². The number of amides is 1. The van der Waals surface area contributed by atoms with Crippen LogP contribution in [0.1, 0.15) is 29.9 Å². The number of nitrogens with zero attached hydrogens (tertiary/aromatic N) is 4. The van der Waals surface area contributed by atoms with E-state index in [1.54, 1.807) is 18.2 Å². The lowest BCUT2D eigenvalue weighted by atomic mass is 9.92. The number of piperazine rings is 2. The number of fused-ring (bicyclic) bond motifs is 1. The first kappa shape index (κ1) is 19.0. The van der Waals surface area contributed by atoms with E-state index < -0.39 is 5.82 Å². The maximum atomic E-state index is 14.2. The summed E-state index contributed by atoms with van der Waals surface area (Å²) in [5.41, 5.74) is 1.08. The van der Waals surface area contributed by atoms with Crippen LogP contribution in [0, 0.1) is 5.82 Å². The topological polar surface area (TPSA) is 39.7 Å². The Labute approximate surface area is 165 Å². The van der Waals surface area contributed by atoms with E-state index >= 15 is 0 Å². The van der Waals surface area contributed by atoms with E-state index in [0.29, 0.717) is 13.1 Å². The Bertz CT molecular complexity index is 841. The summed E-state index contributed by atoms with van der Waals surface area (Å²) in [6, 6.07) is 12.5. The molecule has 0 spiro atoms. The summed E-state index contributed by atoms with van der Waals surface area (Å²) in [5, 5.41) is 0. The third-order valence-corrected chi connectivity index (χ3v) is 5.86. The van der Waals surface area contributed by atoms with Crippen molar-refractivity contribution >= 4 is 5.91 Å².